The Morgan fingerprint density at radius 3 is 2.35 bits per heavy atom. The maximum absolute atomic E-state index is 13.5. The third kappa shape index (κ3) is 3.98. The Bertz CT molecular complexity index is 1210. The standard InChI is InChI=1S/C21H15Cl2F6N5/c22-14-4-3-12(8-15(14)23)33-9-30-32-19(33)18-10-1-2-13(5-10)34(18)17-7-11(20(24,25)26)6-16(31-17)21(27,28)29/h3-4,6-10,13,18H,1-2,5H2/t10-,13+,18-/m0/s1. The number of benzene rings is 1. The highest BCUT2D eigenvalue weighted by Crippen LogP contribution is 2.52. The topological polar surface area (TPSA) is 46.8 Å². The monoisotopic (exact) mass is 521 g/mol. The number of aromatic nitrogens is 4. The SMILES string of the molecule is FC(F)(F)c1cc(N2[C@@H]3CC[C@@H](C3)[C@H]2c2nncn2-c2ccc(Cl)c(Cl)c2)nc(C(F)(F)F)c1. The molecule has 2 aliphatic rings. The van der Waals surface area contributed by atoms with Crippen LogP contribution in [-0.2, 0) is 12.4 Å². The lowest BCUT2D eigenvalue weighted by molar-refractivity contribution is -0.145. The van der Waals surface area contributed by atoms with Crippen molar-refractivity contribution in [3.63, 3.8) is 0 Å². The Kier molecular flexibility index (Phi) is 5.47. The van der Waals surface area contributed by atoms with Gasteiger partial charge in [-0.2, -0.15) is 26.3 Å². The summed E-state index contributed by atoms with van der Waals surface area (Å²) in [6, 6.07) is 4.64. The Balaban J connectivity index is 1.63. The van der Waals surface area contributed by atoms with E-state index in [-0.39, 0.29) is 28.9 Å². The molecule has 180 valence electrons. The number of rotatable bonds is 3. The van der Waals surface area contributed by atoms with Crippen molar-refractivity contribution in [1.82, 2.24) is 19.7 Å². The molecule has 1 aliphatic carbocycles. The van der Waals surface area contributed by atoms with E-state index in [2.05, 4.69) is 15.2 Å². The molecule has 5 rings (SSSR count). The number of hydrogen-bond acceptors (Lipinski definition) is 4. The maximum atomic E-state index is 13.5. The Morgan fingerprint density at radius 2 is 1.68 bits per heavy atom. The molecule has 0 spiro atoms. The van der Waals surface area contributed by atoms with Gasteiger partial charge in [0.2, 0.25) is 0 Å². The molecular formula is C21H15Cl2F6N5. The minimum atomic E-state index is -5.04. The smallest absolute Gasteiger partial charge is 0.343 e. The molecule has 1 saturated heterocycles. The van der Waals surface area contributed by atoms with E-state index in [1.54, 1.807) is 22.8 Å². The van der Waals surface area contributed by atoms with Gasteiger partial charge in [0.1, 0.15) is 17.8 Å². The molecule has 0 radical (unpaired) electrons. The first-order chi connectivity index (χ1) is 15.9. The number of anilines is 1. The van der Waals surface area contributed by atoms with Crippen molar-refractivity contribution in [3.05, 3.63) is 63.8 Å². The molecule has 5 nitrogen and oxygen atoms in total. The molecule has 0 N–H and O–H groups in total. The summed E-state index contributed by atoms with van der Waals surface area (Å²) in [7, 11) is 0. The van der Waals surface area contributed by atoms with Crippen molar-refractivity contribution in [2.75, 3.05) is 4.90 Å². The number of piperidine rings is 1. The number of halogens is 8. The van der Waals surface area contributed by atoms with Gasteiger partial charge < -0.3 is 4.90 Å². The van der Waals surface area contributed by atoms with Gasteiger partial charge in [-0.1, -0.05) is 23.2 Å². The third-order valence-corrected chi connectivity index (χ3v) is 7.04. The highest BCUT2D eigenvalue weighted by Gasteiger charge is 2.50. The van der Waals surface area contributed by atoms with Crippen LogP contribution in [0.5, 0.6) is 0 Å². The fourth-order valence-electron chi connectivity index (χ4n) is 4.89. The van der Waals surface area contributed by atoms with Gasteiger partial charge in [-0.05, 0) is 55.5 Å². The van der Waals surface area contributed by atoms with E-state index in [0.717, 1.165) is 6.42 Å². The predicted octanol–water partition coefficient (Wildman–Crippen LogP) is 6.74. The molecule has 3 aromatic rings. The first kappa shape index (κ1) is 23.2. The van der Waals surface area contributed by atoms with Crippen LogP contribution >= 0.6 is 23.2 Å². The molecular weight excluding hydrogens is 507 g/mol. The van der Waals surface area contributed by atoms with Crippen LogP contribution in [0, 0.1) is 5.92 Å². The second kappa shape index (κ2) is 8.01. The number of fused-ring (bicyclic) bond motifs is 2. The van der Waals surface area contributed by atoms with E-state index in [1.807, 2.05) is 0 Å². The van der Waals surface area contributed by atoms with Gasteiger partial charge in [-0.3, -0.25) is 4.57 Å². The quantitative estimate of drug-likeness (QED) is 0.358. The molecule has 1 aromatic carbocycles. The van der Waals surface area contributed by atoms with Gasteiger partial charge in [-0.25, -0.2) is 4.98 Å². The Morgan fingerprint density at radius 1 is 0.912 bits per heavy atom. The molecule has 1 saturated carbocycles. The highest BCUT2D eigenvalue weighted by atomic mass is 35.5. The maximum Gasteiger partial charge on any atom is 0.433 e. The van der Waals surface area contributed by atoms with Crippen LogP contribution < -0.4 is 4.90 Å². The van der Waals surface area contributed by atoms with Crippen molar-refractivity contribution in [2.24, 2.45) is 5.92 Å². The fourth-order valence-corrected chi connectivity index (χ4v) is 5.18. The van der Waals surface area contributed by atoms with Crippen LogP contribution in [0.15, 0.2) is 36.7 Å². The minimum absolute atomic E-state index is 0.0328. The lowest BCUT2D eigenvalue weighted by Gasteiger charge is -2.36. The van der Waals surface area contributed by atoms with Gasteiger partial charge >= 0.3 is 12.4 Å². The second-order valence-corrected chi connectivity index (χ2v) is 9.15. The molecule has 0 amide bonds. The molecule has 3 heterocycles. The zero-order valence-corrected chi connectivity index (χ0v) is 18.6. The third-order valence-electron chi connectivity index (χ3n) is 6.30. The van der Waals surface area contributed by atoms with Crippen LogP contribution in [0.4, 0.5) is 32.2 Å². The van der Waals surface area contributed by atoms with E-state index in [4.69, 9.17) is 23.2 Å². The summed E-state index contributed by atoms with van der Waals surface area (Å²) in [6.07, 6.45) is -6.61. The molecule has 2 bridgehead atoms. The average molecular weight is 522 g/mol. The number of alkyl halides is 6. The van der Waals surface area contributed by atoms with Crippen molar-refractivity contribution < 1.29 is 26.3 Å². The van der Waals surface area contributed by atoms with Crippen molar-refractivity contribution >= 4 is 29.0 Å². The van der Waals surface area contributed by atoms with Gasteiger partial charge in [0.25, 0.3) is 0 Å². The van der Waals surface area contributed by atoms with E-state index >= 15 is 0 Å². The molecule has 13 heteroatoms. The lowest BCUT2D eigenvalue weighted by atomic mass is 9.97. The molecule has 2 fully saturated rings. The van der Waals surface area contributed by atoms with Crippen LogP contribution in [0.1, 0.15) is 42.4 Å². The molecule has 2 aromatic heterocycles. The van der Waals surface area contributed by atoms with Crippen molar-refractivity contribution in [2.45, 2.75) is 43.7 Å². The Labute approximate surface area is 199 Å². The predicted molar refractivity (Wildman–Crippen MR) is 112 cm³/mol. The second-order valence-electron chi connectivity index (χ2n) is 8.33. The summed E-state index contributed by atoms with van der Waals surface area (Å²) < 4.78 is 82.3. The van der Waals surface area contributed by atoms with Crippen molar-refractivity contribution in [1.29, 1.82) is 0 Å². The van der Waals surface area contributed by atoms with Gasteiger partial charge in [0.15, 0.2) is 5.82 Å². The average Bonchev–Trinajstić information content (AvgIpc) is 3.49. The minimum Gasteiger partial charge on any atom is -0.343 e. The molecule has 0 unspecified atom stereocenters. The summed E-state index contributed by atoms with van der Waals surface area (Å²) in [5, 5.41) is 8.74. The fraction of sp³-hybridized carbons (Fsp3) is 0.381. The largest absolute Gasteiger partial charge is 0.433 e. The zero-order valence-electron chi connectivity index (χ0n) is 17.1. The first-order valence-electron chi connectivity index (χ1n) is 10.2. The summed E-state index contributed by atoms with van der Waals surface area (Å²) in [4.78, 5) is 5.14. The van der Waals surface area contributed by atoms with Gasteiger partial charge in [-0.15, -0.1) is 10.2 Å². The Hall–Kier alpha value is -2.53. The van der Waals surface area contributed by atoms with Gasteiger partial charge in [0.05, 0.1) is 21.7 Å². The van der Waals surface area contributed by atoms with Crippen LogP contribution in [0.25, 0.3) is 5.69 Å². The van der Waals surface area contributed by atoms with Crippen LogP contribution in [0.2, 0.25) is 10.0 Å². The number of hydrogen-bond donors (Lipinski definition) is 0. The summed E-state index contributed by atoms with van der Waals surface area (Å²) in [5.74, 6) is -0.0530. The van der Waals surface area contributed by atoms with E-state index < -0.39 is 29.7 Å². The zero-order chi connectivity index (χ0) is 24.4. The molecule has 3 atom stereocenters. The summed E-state index contributed by atoms with van der Waals surface area (Å²) in [5.41, 5.74) is -2.44. The van der Waals surface area contributed by atoms with E-state index in [1.165, 1.54) is 11.2 Å². The lowest BCUT2D eigenvalue weighted by Crippen LogP contribution is -2.37. The highest BCUT2D eigenvalue weighted by molar-refractivity contribution is 6.42. The van der Waals surface area contributed by atoms with Crippen LogP contribution in [-0.4, -0.2) is 25.8 Å². The first-order valence-corrected chi connectivity index (χ1v) is 11.0. The summed E-state index contributed by atoms with van der Waals surface area (Å²) >= 11 is 12.1. The normalized spacial score (nSPS) is 22.6. The molecule has 1 aliphatic heterocycles. The van der Waals surface area contributed by atoms with Crippen molar-refractivity contribution in [3.8, 4) is 5.69 Å². The summed E-state index contributed by atoms with van der Waals surface area (Å²) in [6.45, 7) is 0. The van der Waals surface area contributed by atoms with Crippen LogP contribution in [0.3, 0.4) is 0 Å². The number of pyridine rings is 1. The van der Waals surface area contributed by atoms with E-state index in [0.29, 0.717) is 35.4 Å². The van der Waals surface area contributed by atoms with Gasteiger partial charge in [0, 0.05) is 11.7 Å². The van der Waals surface area contributed by atoms with E-state index in [9.17, 15) is 26.3 Å². The number of nitrogens with zero attached hydrogens (tertiary/aromatic N) is 5. The molecule has 34 heavy (non-hydrogen) atoms.